The Bertz CT molecular complexity index is 1300. The van der Waals surface area contributed by atoms with Crippen LogP contribution in [0.1, 0.15) is 6.42 Å². The summed E-state index contributed by atoms with van der Waals surface area (Å²) in [5.74, 6) is 2.18. The molecule has 0 aliphatic carbocycles. The second-order valence-corrected chi connectivity index (χ2v) is 14.7. The highest BCUT2D eigenvalue weighted by atomic mass is 31.2. The minimum Gasteiger partial charge on any atom is -0.496 e. The van der Waals surface area contributed by atoms with Gasteiger partial charge in [0.1, 0.15) is 23.0 Å². The van der Waals surface area contributed by atoms with E-state index in [0.29, 0.717) is 50.6 Å². The van der Waals surface area contributed by atoms with Crippen molar-refractivity contribution in [2.75, 3.05) is 40.8 Å². The van der Waals surface area contributed by atoms with Crippen molar-refractivity contribution in [3.05, 3.63) is 97.1 Å². The predicted molar refractivity (Wildman–Crippen MR) is 160 cm³/mol. The fourth-order valence-corrected chi connectivity index (χ4v) is 11.3. The molecule has 4 rings (SSSR count). The Morgan fingerprint density at radius 3 is 0.897 bits per heavy atom. The Balaban J connectivity index is 1.81. The predicted octanol–water partition coefficient (Wildman–Crippen LogP) is 5.44. The molecule has 0 unspecified atom stereocenters. The molecule has 0 radical (unpaired) electrons. The average Bonchev–Trinajstić information content (AvgIpc) is 3.00. The molecule has 4 aromatic rings. The molecule has 0 spiro atoms. The van der Waals surface area contributed by atoms with Gasteiger partial charge in [0.05, 0.1) is 49.7 Å². The Morgan fingerprint density at radius 1 is 0.436 bits per heavy atom. The van der Waals surface area contributed by atoms with Gasteiger partial charge in [0.15, 0.2) is 14.3 Å². The first-order valence-electron chi connectivity index (χ1n) is 12.7. The van der Waals surface area contributed by atoms with Crippen LogP contribution in [0.5, 0.6) is 23.0 Å². The van der Waals surface area contributed by atoms with E-state index in [0.717, 1.165) is 0 Å². The van der Waals surface area contributed by atoms with Crippen molar-refractivity contribution in [1.82, 2.24) is 0 Å². The van der Waals surface area contributed by atoms with Crippen molar-refractivity contribution in [3.8, 4) is 23.0 Å². The first-order chi connectivity index (χ1) is 18.9. The Hall–Kier alpha value is -3.46. The molecule has 0 amide bonds. The normalized spacial score (nSPS) is 11.6. The van der Waals surface area contributed by atoms with Crippen LogP contribution < -0.4 is 40.2 Å². The highest BCUT2D eigenvalue weighted by Crippen LogP contribution is 2.53. The number of hydrogen-bond donors (Lipinski definition) is 0. The minimum absolute atomic E-state index is 0.266. The van der Waals surface area contributed by atoms with E-state index in [2.05, 4.69) is 0 Å². The molecule has 0 saturated heterocycles. The van der Waals surface area contributed by atoms with Gasteiger partial charge in [-0.25, -0.2) is 0 Å². The van der Waals surface area contributed by atoms with Crippen molar-refractivity contribution >= 4 is 35.5 Å². The van der Waals surface area contributed by atoms with Gasteiger partial charge < -0.3 is 28.1 Å². The van der Waals surface area contributed by atoms with Gasteiger partial charge in [-0.2, -0.15) is 0 Å². The summed E-state index contributed by atoms with van der Waals surface area (Å²) in [7, 11) is -0.256. The van der Waals surface area contributed by atoms with E-state index in [-0.39, 0.29) is 12.3 Å². The average molecular weight is 565 g/mol. The molecule has 0 N–H and O–H groups in total. The van der Waals surface area contributed by atoms with Crippen LogP contribution in [0, 0.1) is 0 Å². The fourth-order valence-electron chi connectivity index (χ4n) is 4.97. The van der Waals surface area contributed by atoms with Gasteiger partial charge in [-0.15, -0.1) is 0 Å². The lowest BCUT2D eigenvalue weighted by molar-refractivity contribution is 0.416. The molecule has 0 fully saturated rings. The van der Waals surface area contributed by atoms with Crippen LogP contribution in [0.4, 0.5) is 0 Å². The molecule has 0 aromatic heterocycles. The number of hydrogen-bond acceptors (Lipinski definition) is 6. The van der Waals surface area contributed by atoms with Gasteiger partial charge in [-0.05, 0) is 55.0 Å². The summed E-state index contributed by atoms with van der Waals surface area (Å²) < 4.78 is 52.7. The van der Waals surface area contributed by atoms with Crippen LogP contribution in [0.15, 0.2) is 97.1 Å². The molecule has 39 heavy (non-hydrogen) atoms. The molecular formula is C31H34O6P2. The number of methoxy groups -OCH3 is 4. The van der Waals surface area contributed by atoms with Gasteiger partial charge in [0.2, 0.25) is 0 Å². The van der Waals surface area contributed by atoms with Crippen LogP contribution in [-0.2, 0) is 9.13 Å². The van der Waals surface area contributed by atoms with Crippen LogP contribution in [-0.4, -0.2) is 40.8 Å². The molecule has 4 aromatic carbocycles. The van der Waals surface area contributed by atoms with Crippen molar-refractivity contribution < 1.29 is 28.1 Å². The van der Waals surface area contributed by atoms with E-state index in [1.54, 1.807) is 28.4 Å². The quantitative estimate of drug-likeness (QED) is 0.214. The summed E-state index contributed by atoms with van der Waals surface area (Å²) in [6.45, 7) is 0. The SMILES string of the molecule is COc1ccccc1P(=O)(CCCP(=O)(c1ccccc1OC)c1ccccc1OC)c1ccccc1OC. The van der Waals surface area contributed by atoms with E-state index in [1.807, 2.05) is 97.1 Å². The van der Waals surface area contributed by atoms with E-state index in [9.17, 15) is 0 Å². The Labute approximate surface area is 230 Å². The Morgan fingerprint density at radius 2 is 0.667 bits per heavy atom. The molecule has 0 heterocycles. The van der Waals surface area contributed by atoms with Crippen LogP contribution in [0.2, 0.25) is 0 Å². The fraction of sp³-hybridized carbons (Fsp3) is 0.226. The largest absolute Gasteiger partial charge is 0.496 e. The first-order valence-corrected chi connectivity index (χ1v) is 16.4. The zero-order chi connectivity index (χ0) is 27.9. The zero-order valence-corrected chi connectivity index (χ0v) is 24.5. The molecule has 0 aliphatic rings. The number of para-hydroxylation sites is 4. The molecule has 0 aliphatic heterocycles. The first kappa shape index (κ1) is 28.5. The van der Waals surface area contributed by atoms with E-state index in [1.165, 1.54) is 0 Å². The second-order valence-electron chi connectivity index (χ2n) is 8.97. The van der Waals surface area contributed by atoms with Crippen molar-refractivity contribution in [2.24, 2.45) is 0 Å². The zero-order valence-electron chi connectivity index (χ0n) is 22.7. The third kappa shape index (κ3) is 5.64. The third-order valence-electron chi connectivity index (χ3n) is 6.84. The summed E-state index contributed by atoms with van der Waals surface area (Å²) >= 11 is 0. The van der Waals surface area contributed by atoms with Gasteiger partial charge in [-0.1, -0.05) is 48.5 Å². The highest BCUT2D eigenvalue weighted by molar-refractivity contribution is 7.80. The third-order valence-corrected chi connectivity index (χ3v) is 13.3. The van der Waals surface area contributed by atoms with Gasteiger partial charge >= 0.3 is 0 Å². The summed E-state index contributed by atoms with van der Waals surface area (Å²) in [6.07, 6.45) is 0.935. The second kappa shape index (κ2) is 12.6. The standard InChI is InChI=1S/C31H34O6P2/c1-34-24-14-5-9-18-28(24)38(32,29-19-10-6-15-25(29)35-2)22-13-23-39(33,30-20-11-7-16-26(30)36-3)31-21-12-8-17-27(31)37-4/h5-12,14-21H,13,22-23H2,1-4H3. The van der Waals surface area contributed by atoms with Crippen LogP contribution in [0.3, 0.4) is 0 Å². The summed E-state index contributed by atoms with van der Waals surface area (Å²) in [4.78, 5) is 0. The molecule has 0 saturated carbocycles. The molecular weight excluding hydrogens is 530 g/mol. The molecule has 6 nitrogen and oxygen atoms in total. The monoisotopic (exact) mass is 564 g/mol. The number of ether oxygens (including phenoxy) is 4. The lowest BCUT2D eigenvalue weighted by Crippen LogP contribution is -2.24. The summed E-state index contributed by atoms with van der Waals surface area (Å²) in [5.41, 5.74) is 0. The van der Waals surface area contributed by atoms with Gasteiger partial charge in [0.25, 0.3) is 0 Å². The van der Waals surface area contributed by atoms with Gasteiger partial charge in [0, 0.05) is 12.3 Å². The maximum Gasteiger partial charge on any atom is 0.150 e. The number of benzene rings is 4. The molecule has 0 atom stereocenters. The topological polar surface area (TPSA) is 71.1 Å². The van der Waals surface area contributed by atoms with E-state index in [4.69, 9.17) is 18.9 Å². The summed E-state index contributed by atoms with van der Waals surface area (Å²) in [6, 6.07) is 29.4. The lowest BCUT2D eigenvalue weighted by atomic mass is 10.3. The smallest absolute Gasteiger partial charge is 0.150 e. The molecule has 204 valence electrons. The van der Waals surface area contributed by atoms with Crippen molar-refractivity contribution in [3.63, 3.8) is 0 Å². The van der Waals surface area contributed by atoms with E-state index >= 15 is 9.13 Å². The maximum atomic E-state index is 15.1. The number of rotatable bonds is 12. The van der Waals surface area contributed by atoms with Crippen LogP contribution in [0.25, 0.3) is 0 Å². The maximum absolute atomic E-state index is 15.1. The van der Waals surface area contributed by atoms with Crippen molar-refractivity contribution in [2.45, 2.75) is 6.42 Å². The van der Waals surface area contributed by atoms with Crippen LogP contribution >= 0.6 is 14.3 Å². The minimum atomic E-state index is -3.27. The van der Waals surface area contributed by atoms with Gasteiger partial charge in [-0.3, -0.25) is 0 Å². The lowest BCUT2D eigenvalue weighted by Gasteiger charge is -2.26. The highest BCUT2D eigenvalue weighted by Gasteiger charge is 2.37. The molecule has 8 heteroatoms. The molecule has 0 bridgehead atoms. The Kier molecular flexibility index (Phi) is 9.22. The van der Waals surface area contributed by atoms with Crippen molar-refractivity contribution in [1.29, 1.82) is 0 Å². The van der Waals surface area contributed by atoms with E-state index < -0.39 is 14.3 Å². The summed E-state index contributed by atoms with van der Waals surface area (Å²) in [5, 5.41) is 2.45.